The Morgan fingerprint density at radius 2 is 1.85 bits per heavy atom. The highest BCUT2D eigenvalue weighted by Gasteiger charge is 2.09. The Morgan fingerprint density at radius 3 is 2.46 bits per heavy atom. The molecule has 3 rings (SSSR count). The van der Waals surface area contributed by atoms with Gasteiger partial charge in [0.15, 0.2) is 5.82 Å². The van der Waals surface area contributed by atoms with Crippen LogP contribution in [0.5, 0.6) is 5.75 Å². The van der Waals surface area contributed by atoms with Crippen LogP contribution >= 0.6 is 0 Å². The monoisotopic (exact) mass is 349 g/mol. The van der Waals surface area contributed by atoms with Crippen molar-refractivity contribution in [2.75, 3.05) is 0 Å². The van der Waals surface area contributed by atoms with E-state index in [1.54, 1.807) is 42.5 Å². The third-order valence-corrected chi connectivity index (χ3v) is 3.60. The van der Waals surface area contributed by atoms with E-state index in [1.807, 2.05) is 0 Å². The number of carbonyl (C=O) groups is 1. The van der Waals surface area contributed by atoms with Gasteiger partial charge in [-0.3, -0.25) is 0 Å². The summed E-state index contributed by atoms with van der Waals surface area (Å²) in [5.74, 6) is -0.779. The smallest absolute Gasteiger partial charge is 0.338 e. The van der Waals surface area contributed by atoms with Crippen LogP contribution in [0.15, 0.2) is 54.9 Å². The summed E-state index contributed by atoms with van der Waals surface area (Å²) in [5.41, 5.74) is 0.964. The number of carboxylic acids is 1. The molecule has 1 heterocycles. The minimum atomic E-state index is -1.09. The predicted octanol–water partition coefficient (Wildman–Crippen LogP) is 3.43. The zero-order chi connectivity index (χ0) is 18.5. The van der Waals surface area contributed by atoms with Crippen LogP contribution in [0.1, 0.15) is 21.5 Å². The fraction of sp³-hybridized carbons (Fsp3) is 0.0526. The first-order valence-electron chi connectivity index (χ1n) is 7.54. The fourth-order valence-electron chi connectivity index (χ4n) is 2.23. The van der Waals surface area contributed by atoms with Crippen molar-refractivity contribution in [3.05, 3.63) is 77.4 Å². The van der Waals surface area contributed by atoms with E-state index in [4.69, 9.17) is 15.1 Å². The quantitative estimate of drug-likeness (QED) is 0.758. The van der Waals surface area contributed by atoms with Crippen LogP contribution in [0.25, 0.3) is 11.4 Å². The lowest BCUT2D eigenvalue weighted by Crippen LogP contribution is -2.01. The summed E-state index contributed by atoms with van der Waals surface area (Å²) in [6.07, 6.45) is 2.47. The molecule has 0 aliphatic rings. The number of ether oxygens (including phenoxy) is 1. The van der Waals surface area contributed by atoms with Crippen molar-refractivity contribution in [2.45, 2.75) is 6.61 Å². The molecule has 0 bridgehead atoms. The molecule has 0 aliphatic heterocycles. The van der Waals surface area contributed by atoms with Gasteiger partial charge in [0.25, 0.3) is 0 Å². The molecule has 7 heteroatoms. The third-order valence-electron chi connectivity index (χ3n) is 3.60. The van der Waals surface area contributed by atoms with Crippen LogP contribution in [0.4, 0.5) is 4.39 Å². The van der Waals surface area contributed by atoms with Gasteiger partial charge in [-0.25, -0.2) is 19.2 Å². The highest BCUT2D eigenvalue weighted by atomic mass is 19.1. The number of hydrogen-bond donors (Lipinski definition) is 1. The Hall–Kier alpha value is -3.79. The molecular formula is C19H12FN3O3. The van der Waals surface area contributed by atoms with Gasteiger partial charge in [0.2, 0.25) is 0 Å². The van der Waals surface area contributed by atoms with Crippen LogP contribution < -0.4 is 4.74 Å². The minimum absolute atomic E-state index is 0.00942. The number of rotatable bonds is 5. The van der Waals surface area contributed by atoms with Crippen molar-refractivity contribution in [2.24, 2.45) is 0 Å². The fourth-order valence-corrected chi connectivity index (χ4v) is 2.23. The highest BCUT2D eigenvalue weighted by Crippen LogP contribution is 2.21. The summed E-state index contributed by atoms with van der Waals surface area (Å²) in [4.78, 5) is 18.8. The normalized spacial score (nSPS) is 10.2. The summed E-state index contributed by atoms with van der Waals surface area (Å²) in [6, 6.07) is 13.1. The number of aromatic nitrogens is 2. The first-order chi connectivity index (χ1) is 12.6. The molecule has 0 atom stereocenters. The highest BCUT2D eigenvalue weighted by molar-refractivity contribution is 5.86. The third kappa shape index (κ3) is 3.65. The molecule has 0 radical (unpaired) electrons. The standard InChI is InChI=1S/C19H12FN3O3/c20-17-13(8-21)2-1-3-14(17)11-26-16-6-4-12(5-7-16)18-22-9-15(10-23-18)19(24)25/h1-7,9-10H,11H2,(H,24,25). The van der Waals surface area contributed by atoms with Crippen molar-refractivity contribution < 1.29 is 19.0 Å². The zero-order valence-corrected chi connectivity index (χ0v) is 13.4. The van der Waals surface area contributed by atoms with Gasteiger partial charge < -0.3 is 9.84 Å². The maximum atomic E-state index is 14.0. The summed E-state index contributed by atoms with van der Waals surface area (Å²) in [5, 5.41) is 17.7. The molecule has 6 nitrogen and oxygen atoms in total. The van der Waals surface area contributed by atoms with E-state index in [1.165, 1.54) is 18.5 Å². The van der Waals surface area contributed by atoms with E-state index >= 15 is 0 Å². The van der Waals surface area contributed by atoms with Gasteiger partial charge >= 0.3 is 5.97 Å². The zero-order valence-electron chi connectivity index (χ0n) is 13.4. The van der Waals surface area contributed by atoms with Gasteiger partial charge in [0.1, 0.15) is 24.2 Å². The summed E-state index contributed by atoms with van der Waals surface area (Å²) in [7, 11) is 0. The SMILES string of the molecule is N#Cc1cccc(COc2ccc(-c3ncc(C(=O)O)cn3)cc2)c1F. The van der Waals surface area contributed by atoms with Crippen molar-refractivity contribution in [3.63, 3.8) is 0 Å². The second-order valence-electron chi connectivity index (χ2n) is 5.30. The van der Waals surface area contributed by atoms with E-state index < -0.39 is 11.8 Å². The van der Waals surface area contributed by atoms with E-state index in [0.717, 1.165) is 0 Å². The largest absolute Gasteiger partial charge is 0.489 e. The van der Waals surface area contributed by atoms with Crippen molar-refractivity contribution >= 4 is 5.97 Å². The predicted molar refractivity (Wildman–Crippen MR) is 89.9 cm³/mol. The molecule has 3 aromatic rings. The Labute approximate surface area is 148 Å². The molecule has 2 aromatic carbocycles. The van der Waals surface area contributed by atoms with Crippen molar-refractivity contribution in [1.82, 2.24) is 9.97 Å². The van der Waals surface area contributed by atoms with Gasteiger partial charge in [-0.05, 0) is 30.3 Å². The van der Waals surface area contributed by atoms with Crippen LogP contribution in [0.3, 0.4) is 0 Å². The van der Waals surface area contributed by atoms with Crippen LogP contribution in [-0.4, -0.2) is 21.0 Å². The molecule has 0 fully saturated rings. The topological polar surface area (TPSA) is 96.1 Å². The first-order valence-corrected chi connectivity index (χ1v) is 7.54. The number of hydrogen-bond acceptors (Lipinski definition) is 5. The molecular weight excluding hydrogens is 337 g/mol. The van der Waals surface area contributed by atoms with Gasteiger partial charge in [0.05, 0.1) is 11.1 Å². The van der Waals surface area contributed by atoms with Gasteiger partial charge in [0, 0.05) is 23.5 Å². The summed E-state index contributed by atoms with van der Waals surface area (Å²) < 4.78 is 19.5. The molecule has 0 unspecified atom stereocenters. The lowest BCUT2D eigenvalue weighted by atomic mass is 10.1. The van der Waals surface area contributed by atoms with E-state index in [2.05, 4.69) is 9.97 Å². The lowest BCUT2D eigenvalue weighted by molar-refractivity contribution is 0.0696. The summed E-state index contributed by atoms with van der Waals surface area (Å²) in [6.45, 7) is -0.00942. The summed E-state index contributed by atoms with van der Waals surface area (Å²) >= 11 is 0. The Bertz CT molecular complexity index is 980. The molecule has 0 spiro atoms. The van der Waals surface area contributed by atoms with Gasteiger partial charge in [-0.2, -0.15) is 5.26 Å². The molecule has 1 aromatic heterocycles. The van der Waals surface area contributed by atoms with Crippen LogP contribution in [-0.2, 0) is 6.61 Å². The van der Waals surface area contributed by atoms with Gasteiger partial charge in [-0.1, -0.05) is 12.1 Å². The average molecular weight is 349 g/mol. The van der Waals surface area contributed by atoms with Crippen molar-refractivity contribution in [1.29, 1.82) is 5.26 Å². The Kier molecular flexibility index (Phi) is 4.85. The second kappa shape index (κ2) is 7.40. The van der Waals surface area contributed by atoms with Crippen molar-refractivity contribution in [3.8, 4) is 23.2 Å². The Morgan fingerprint density at radius 1 is 1.15 bits per heavy atom. The molecule has 1 N–H and O–H groups in total. The number of halogens is 1. The molecule has 128 valence electrons. The van der Waals surface area contributed by atoms with E-state index in [-0.39, 0.29) is 17.7 Å². The number of nitrogens with zero attached hydrogens (tertiary/aromatic N) is 3. The number of benzene rings is 2. The van der Waals surface area contributed by atoms with E-state index in [9.17, 15) is 9.18 Å². The molecule has 26 heavy (non-hydrogen) atoms. The lowest BCUT2D eigenvalue weighted by Gasteiger charge is -2.08. The number of carboxylic acid groups (broad SMARTS) is 1. The molecule has 0 aliphatic carbocycles. The van der Waals surface area contributed by atoms with Crippen LogP contribution in [0.2, 0.25) is 0 Å². The maximum absolute atomic E-state index is 14.0. The van der Waals surface area contributed by atoms with E-state index in [0.29, 0.717) is 22.7 Å². The first kappa shape index (κ1) is 17.0. The second-order valence-corrected chi connectivity index (χ2v) is 5.30. The maximum Gasteiger partial charge on any atom is 0.338 e. The molecule has 0 saturated heterocycles. The Balaban J connectivity index is 1.70. The average Bonchev–Trinajstić information content (AvgIpc) is 2.68. The number of aromatic carboxylic acids is 1. The minimum Gasteiger partial charge on any atom is -0.489 e. The molecule has 0 saturated carbocycles. The van der Waals surface area contributed by atoms with Crippen LogP contribution in [0, 0.1) is 17.1 Å². The van der Waals surface area contributed by atoms with Gasteiger partial charge in [-0.15, -0.1) is 0 Å². The number of nitriles is 1. The molecule has 0 amide bonds.